The molecule has 1 saturated heterocycles. The molecular formula is C35H46ClN5O3S. The summed E-state index contributed by atoms with van der Waals surface area (Å²) in [4.78, 5) is 12.7. The van der Waals surface area contributed by atoms with Crippen LogP contribution in [0.2, 0.25) is 5.02 Å². The number of benzene rings is 2. The van der Waals surface area contributed by atoms with Gasteiger partial charge in [0.2, 0.25) is 5.95 Å². The number of rotatable bonds is 10. The lowest BCUT2D eigenvalue weighted by Crippen LogP contribution is -2.50. The SMILES string of the molecule is Cc1cc(Nc2ncc(Cl)c(N(O)c3ccccc3SC(C)C)n2)c(OC(C)C)cc1C1=CC(C)N(C2CCOCC2)C(C)C1. The van der Waals surface area contributed by atoms with Crippen LogP contribution in [0, 0.1) is 6.92 Å². The number of aryl methyl sites for hydroxylation is 1. The molecule has 3 aromatic rings. The molecule has 1 aromatic heterocycles. The highest BCUT2D eigenvalue weighted by atomic mass is 35.5. The molecule has 0 saturated carbocycles. The number of hydrogen-bond donors (Lipinski definition) is 2. The summed E-state index contributed by atoms with van der Waals surface area (Å²) in [7, 11) is 0. The lowest BCUT2D eigenvalue weighted by Gasteiger charge is -2.45. The highest BCUT2D eigenvalue weighted by molar-refractivity contribution is 8.00. The van der Waals surface area contributed by atoms with Gasteiger partial charge in [-0.1, -0.05) is 43.7 Å². The molecule has 10 heteroatoms. The van der Waals surface area contributed by atoms with Crippen LogP contribution in [0.15, 0.2) is 53.6 Å². The maximum Gasteiger partial charge on any atom is 0.229 e. The van der Waals surface area contributed by atoms with E-state index in [0.717, 1.165) is 59.4 Å². The number of anilines is 4. The smallest absolute Gasteiger partial charge is 0.229 e. The van der Waals surface area contributed by atoms with E-state index in [9.17, 15) is 5.21 Å². The van der Waals surface area contributed by atoms with Gasteiger partial charge in [0.15, 0.2) is 5.82 Å². The molecular weight excluding hydrogens is 606 g/mol. The van der Waals surface area contributed by atoms with Crippen molar-refractivity contribution in [1.29, 1.82) is 0 Å². The summed E-state index contributed by atoms with van der Waals surface area (Å²) in [5, 5.41) is 16.2. The molecule has 0 bridgehead atoms. The fourth-order valence-corrected chi connectivity index (χ4v) is 7.53. The Balaban J connectivity index is 1.44. The van der Waals surface area contributed by atoms with Gasteiger partial charge in [0.1, 0.15) is 10.8 Å². The summed E-state index contributed by atoms with van der Waals surface area (Å²) in [6.07, 6.45) is 7.04. The van der Waals surface area contributed by atoms with Gasteiger partial charge in [0, 0.05) is 41.5 Å². The van der Waals surface area contributed by atoms with Gasteiger partial charge in [-0.3, -0.25) is 10.1 Å². The highest BCUT2D eigenvalue weighted by Gasteiger charge is 2.33. The Morgan fingerprint density at radius 3 is 2.56 bits per heavy atom. The summed E-state index contributed by atoms with van der Waals surface area (Å²) in [6.45, 7) is 16.7. The van der Waals surface area contributed by atoms with Crippen LogP contribution in [-0.2, 0) is 4.74 Å². The van der Waals surface area contributed by atoms with Crippen LogP contribution in [-0.4, -0.2) is 62.8 Å². The minimum absolute atomic E-state index is 0.0344. The molecule has 5 rings (SSSR count). The van der Waals surface area contributed by atoms with Crippen LogP contribution in [0.1, 0.15) is 71.9 Å². The average Bonchev–Trinajstić information content (AvgIpc) is 2.99. The van der Waals surface area contributed by atoms with E-state index in [0.29, 0.717) is 35.0 Å². The number of thioether (sulfide) groups is 1. The summed E-state index contributed by atoms with van der Waals surface area (Å²) >= 11 is 8.17. The molecule has 2 atom stereocenters. The minimum Gasteiger partial charge on any atom is -0.489 e. The Kier molecular flexibility index (Phi) is 11.0. The molecule has 0 spiro atoms. The summed E-state index contributed by atoms with van der Waals surface area (Å²) in [6, 6.07) is 13.2. The lowest BCUT2D eigenvalue weighted by atomic mass is 9.87. The number of halogens is 1. The van der Waals surface area contributed by atoms with E-state index in [4.69, 9.17) is 21.1 Å². The maximum atomic E-state index is 11.3. The first-order valence-electron chi connectivity index (χ1n) is 15.9. The second-order valence-corrected chi connectivity index (χ2v) is 14.6. The van der Waals surface area contributed by atoms with Crippen molar-refractivity contribution in [1.82, 2.24) is 14.9 Å². The van der Waals surface area contributed by atoms with Crippen LogP contribution in [0.4, 0.5) is 23.1 Å². The first-order valence-corrected chi connectivity index (χ1v) is 17.2. The van der Waals surface area contributed by atoms with Crippen molar-refractivity contribution in [2.45, 2.75) is 102 Å². The zero-order chi connectivity index (χ0) is 32.2. The third-order valence-electron chi connectivity index (χ3n) is 8.21. The number of para-hydroxylation sites is 1. The Hall–Kier alpha value is -2.82. The fraction of sp³-hybridized carbons (Fsp3) is 0.486. The fourth-order valence-electron chi connectivity index (χ4n) is 6.42. The largest absolute Gasteiger partial charge is 0.489 e. The molecule has 1 fully saturated rings. The second-order valence-electron chi connectivity index (χ2n) is 12.5. The van der Waals surface area contributed by atoms with Crippen molar-refractivity contribution in [2.75, 3.05) is 23.6 Å². The molecule has 45 heavy (non-hydrogen) atoms. The highest BCUT2D eigenvalue weighted by Crippen LogP contribution is 2.40. The number of hydrogen-bond acceptors (Lipinski definition) is 9. The Morgan fingerprint density at radius 2 is 1.87 bits per heavy atom. The van der Waals surface area contributed by atoms with Gasteiger partial charge >= 0.3 is 0 Å². The topological polar surface area (TPSA) is 83.0 Å². The van der Waals surface area contributed by atoms with E-state index in [2.05, 4.69) is 73.0 Å². The maximum absolute atomic E-state index is 11.3. The molecule has 0 radical (unpaired) electrons. The average molecular weight is 652 g/mol. The third-order valence-corrected chi connectivity index (χ3v) is 9.55. The number of aromatic nitrogens is 2. The second kappa shape index (κ2) is 14.7. The molecule has 2 aliphatic rings. The van der Waals surface area contributed by atoms with E-state index in [1.54, 1.807) is 11.8 Å². The van der Waals surface area contributed by atoms with Crippen molar-refractivity contribution in [3.63, 3.8) is 0 Å². The monoisotopic (exact) mass is 651 g/mol. The van der Waals surface area contributed by atoms with E-state index < -0.39 is 0 Å². The zero-order valence-electron chi connectivity index (χ0n) is 27.4. The predicted octanol–water partition coefficient (Wildman–Crippen LogP) is 9.04. The van der Waals surface area contributed by atoms with Gasteiger partial charge < -0.3 is 14.8 Å². The number of nitrogens with zero attached hydrogens (tertiary/aromatic N) is 4. The van der Waals surface area contributed by atoms with E-state index >= 15 is 0 Å². The lowest BCUT2D eigenvalue weighted by molar-refractivity contribution is 0.00901. The van der Waals surface area contributed by atoms with Gasteiger partial charge in [-0.15, -0.1) is 11.8 Å². The van der Waals surface area contributed by atoms with Crippen LogP contribution >= 0.6 is 23.4 Å². The number of nitrogens with one attached hydrogen (secondary N) is 1. The molecule has 2 aliphatic heterocycles. The molecule has 242 valence electrons. The summed E-state index contributed by atoms with van der Waals surface area (Å²) in [5.41, 5.74) is 5.03. The third kappa shape index (κ3) is 7.95. The molecule has 2 N–H and O–H groups in total. The van der Waals surface area contributed by atoms with Gasteiger partial charge in [-0.25, -0.2) is 10.0 Å². The minimum atomic E-state index is -0.0344. The van der Waals surface area contributed by atoms with Crippen molar-refractivity contribution in [2.24, 2.45) is 0 Å². The van der Waals surface area contributed by atoms with Crippen LogP contribution in [0.3, 0.4) is 0 Å². The van der Waals surface area contributed by atoms with Gasteiger partial charge in [0.25, 0.3) is 0 Å². The van der Waals surface area contributed by atoms with Gasteiger partial charge in [-0.05, 0) is 94.8 Å². The predicted molar refractivity (Wildman–Crippen MR) is 186 cm³/mol. The summed E-state index contributed by atoms with van der Waals surface area (Å²) in [5.74, 6) is 1.21. The Labute approximate surface area is 277 Å². The van der Waals surface area contributed by atoms with Crippen molar-refractivity contribution < 1.29 is 14.7 Å². The molecule has 2 aromatic carbocycles. The first kappa shape index (κ1) is 33.5. The van der Waals surface area contributed by atoms with E-state index in [1.807, 2.05) is 38.1 Å². The first-order chi connectivity index (χ1) is 21.5. The quantitative estimate of drug-likeness (QED) is 0.165. The molecule has 8 nitrogen and oxygen atoms in total. The van der Waals surface area contributed by atoms with Gasteiger partial charge in [-0.2, -0.15) is 4.98 Å². The molecule has 0 amide bonds. The van der Waals surface area contributed by atoms with Crippen molar-refractivity contribution in [3.8, 4) is 5.75 Å². The number of ether oxygens (including phenoxy) is 2. The zero-order valence-corrected chi connectivity index (χ0v) is 29.0. The standard InChI is InChI=1S/C35H46ClN5O3S/c1-21(2)44-32-19-28(26-17-24(6)40(25(7)18-26)27-12-14-43-15-13-27)23(5)16-30(32)38-35-37-20-29(36)34(39-35)41(42)31-10-8-9-11-33(31)45-22(3)4/h8-11,16-17,19-22,24-25,27,42H,12-15,18H2,1-7H3,(H,37,38,39). The van der Waals surface area contributed by atoms with E-state index in [-0.39, 0.29) is 16.9 Å². The normalized spacial score (nSPS) is 19.6. The van der Waals surface area contributed by atoms with Gasteiger partial charge in [0.05, 0.1) is 23.7 Å². The van der Waals surface area contributed by atoms with Crippen molar-refractivity contribution in [3.05, 3.63) is 64.8 Å². The Bertz CT molecular complexity index is 1510. The Morgan fingerprint density at radius 1 is 1.13 bits per heavy atom. The van der Waals surface area contributed by atoms with E-state index in [1.165, 1.54) is 17.3 Å². The molecule has 3 heterocycles. The van der Waals surface area contributed by atoms with Crippen LogP contribution in [0.5, 0.6) is 5.75 Å². The molecule has 2 unspecified atom stereocenters. The molecule has 0 aliphatic carbocycles. The van der Waals surface area contributed by atoms with Crippen LogP contribution < -0.4 is 15.1 Å². The van der Waals surface area contributed by atoms with Crippen molar-refractivity contribution >= 4 is 52.1 Å². The summed E-state index contributed by atoms with van der Waals surface area (Å²) < 4.78 is 12.0. The van der Waals surface area contributed by atoms with Crippen LogP contribution in [0.25, 0.3) is 5.57 Å².